The Kier molecular flexibility index (Phi) is 4.69. The standard InChI is InChI=1S/C12H15BrN2O2/c1-7-5-9(3-4-10(7)13)12(17)15-8(2)6-11(14)16/h3-5,8H,6H2,1-2H3,(H2,14,16)(H,15,17). The van der Waals surface area contributed by atoms with Crippen molar-refractivity contribution in [1.82, 2.24) is 5.32 Å². The monoisotopic (exact) mass is 298 g/mol. The van der Waals surface area contributed by atoms with Crippen LogP contribution in [0.15, 0.2) is 22.7 Å². The molecule has 1 rings (SSSR count). The van der Waals surface area contributed by atoms with Crippen molar-refractivity contribution in [2.75, 3.05) is 0 Å². The van der Waals surface area contributed by atoms with E-state index < -0.39 is 5.91 Å². The largest absolute Gasteiger partial charge is 0.370 e. The minimum Gasteiger partial charge on any atom is -0.370 e. The second kappa shape index (κ2) is 5.82. The predicted molar refractivity (Wildman–Crippen MR) is 69.6 cm³/mol. The summed E-state index contributed by atoms with van der Waals surface area (Å²) in [6.07, 6.45) is 0.140. The minimum atomic E-state index is -0.426. The Morgan fingerprint density at radius 1 is 1.47 bits per heavy atom. The number of hydrogen-bond donors (Lipinski definition) is 2. The fourth-order valence-electron chi connectivity index (χ4n) is 1.45. The van der Waals surface area contributed by atoms with Crippen LogP contribution in [-0.4, -0.2) is 17.9 Å². The highest BCUT2D eigenvalue weighted by atomic mass is 79.9. The molecule has 0 aliphatic heterocycles. The van der Waals surface area contributed by atoms with Crippen molar-refractivity contribution in [3.05, 3.63) is 33.8 Å². The van der Waals surface area contributed by atoms with Crippen molar-refractivity contribution in [3.8, 4) is 0 Å². The molecule has 5 heteroatoms. The Hall–Kier alpha value is -1.36. The van der Waals surface area contributed by atoms with Crippen LogP contribution in [0.2, 0.25) is 0 Å². The maximum Gasteiger partial charge on any atom is 0.251 e. The number of primary amides is 1. The van der Waals surface area contributed by atoms with Gasteiger partial charge in [0.25, 0.3) is 5.91 Å². The van der Waals surface area contributed by atoms with Crippen LogP contribution >= 0.6 is 15.9 Å². The Morgan fingerprint density at radius 2 is 2.12 bits per heavy atom. The number of aryl methyl sites for hydroxylation is 1. The third kappa shape index (κ3) is 4.19. The molecule has 0 aromatic heterocycles. The lowest BCUT2D eigenvalue weighted by Gasteiger charge is -2.12. The molecule has 1 unspecified atom stereocenters. The summed E-state index contributed by atoms with van der Waals surface area (Å²) < 4.78 is 0.958. The smallest absolute Gasteiger partial charge is 0.251 e. The molecule has 0 bridgehead atoms. The zero-order chi connectivity index (χ0) is 13.0. The molecule has 3 N–H and O–H groups in total. The number of amides is 2. The Labute approximate surface area is 109 Å². The lowest BCUT2D eigenvalue weighted by atomic mass is 10.1. The molecule has 0 spiro atoms. The van der Waals surface area contributed by atoms with E-state index >= 15 is 0 Å². The van der Waals surface area contributed by atoms with Crippen LogP contribution in [0.25, 0.3) is 0 Å². The average molecular weight is 299 g/mol. The maximum absolute atomic E-state index is 11.8. The molecular weight excluding hydrogens is 284 g/mol. The zero-order valence-electron chi connectivity index (χ0n) is 9.79. The molecule has 0 heterocycles. The number of rotatable bonds is 4. The molecular formula is C12H15BrN2O2. The van der Waals surface area contributed by atoms with Crippen molar-refractivity contribution in [2.45, 2.75) is 26.3 Å². The summed E-state index contributed by atoms with van der Waals surface area (Å²) in [5.41, 5.74) is 6.61. The van der Waals surface area contributed by atoms with E-state index in [1.54, 1.807) is 19.1 Å². The van der Waals surface area contributed by atoms with E-state index in [0.29, 0.717) is 5.56 Å². The number of halogens is 1. The van der Waals surface area contributed by atoms with Crippen LogP contribution in [0.5, 0.6) is 0 Å². The summed E-state index contributed by atoms with van der Waals surface area (Å²) in [6, 6.07) is 5.08. The van der Waals surface area contributed by atoms with Gasteiger partial charge in [-0.2, -0.15) is 0 Å². The molecule has 0 saturated heterocycles. The second-order valence-electron chi connectivity index (χ2n) is 4.01. The van der Waals surface area contributed by atoms with Crippen LogP contribution < -0.4 is 11.1 Å². The fourth-order valence-corrected chi connectivity index (χ4v) is 1.69. The summed E-state index contributed by atoms with van der Waals surface area (Å²) in [5.74, 6) is -0.626. The lowest BCUT2D eigenvalue weighted by Crippen LogP contribution is -2.35. The summed E-state index contributed by atoms with van der Waals surface area (Å²) >= 11 is 3.37. The number of nitrogens with two attached hydrogens (primary N) is 1. The van der Waals surface area contributed by atoms with E-state index in [4.69, 9.17) is 5.73 Å². The van der Waals surface area contributed by atoms with Crippen molar-refractivity contribution in [1.29, 1.82) is 0 Å². The second-order valence-corrected chi connectivity index (χ2v) is 4.86. The van der Waals surface area contributed by atoms with Crippen molar-refractivity contribution >= 4 is 27.7 Å². The number of carbonyl (C=O) groups is 2. The summed E-state index contributed by atoms with van der Waals surface area (Å²) in [4.78, 5) is 22.5. The molecule has 1 atom stereocenters. The van der Waals surface area contributed by atoms with E-state index in [2.05, 4.69) is 21.2 Å². The fraction of sp³-hybridized carbons (Fsp3) is 0.333. The van der Waals surface area contributed by atoms with Gasteiger partial charge in [0.15, 0.2) is 0 Å². The molecule has 1 aromatic rings. The predicted octanol–water partition coefficient (Wildman–Crippen LogP) is 1.75. The van der Waals surface area contributed by atoms with E-state index in [9.17, 15) is 9.59 Å². The van der Waals surface area contributed by atoms with Gasteiger partial charge in [0.2, 0.25) is 5.91 Å². The van der Waals surface area contributed by atoms with E-state index in [-0.39, 0.29) is 18.4 Å². The number of carbonyl (C=O) groups excluding carboxylic acids is 2. The highest BCUT2D eigenvalue weighted by molar-refractivity contribution is 9.10. The average Bonchev–Trinajstić information content (AvgIpc) is 2.20. The van der Waals surface area contributed by atoms with Gasteiger partial charge in [0.1, 0.15) is 0 Å². The molecule has 1 aromatic carbocycles. The van der Waals surface area contributed by atoms with E-state index in [0.717, 1.165) is 10.0 Å². The lowest BCUT2D eigenvalue weighted by molar-refractivity contribution is -0.118. The Balaban J connectivity index is 2.70. The van der Waals surface area contributed by atoms with Gasteiger partial charge >= 0.3 is 0 Å². The molecule has 2 amide bonds. The first kappa shape index (κ1) is 13.7. The van der Waals surface area contributed by atoms with Gasteiger partial charge < -0.3 is 11.1 Å². The van der Waals surface area contributed by atoms with Crippen LogP contribution in [0.3, 0.4) is 0 Å². The quantitative estimate of drug-likeness (QED) is 0.889. The first-order chi connectivity index (χ1) is 7.90. The molecule has 0 fully saturated rings. The highest BCUT2D eigenvalue weighted by Gasteiger charge is 2.12. The topological polar surface area (TPSA) is 72.2 Å². The van der Waals surface area contributed by atoms with Crippen molar-refractivity contribution in [3.63, 3.8) is 0 Å². The molecule has 92 valence electrons. The van der Waals surface area contributed by atoms with Crippen LogP contribution in [-0.2, 0) is 4.79 Å². The summed E-state index contributed by atoms with van der Waals surface area (Å²) in [7, 11) is 0. The summed E-state index contributed by atoms with van der Waals surface area (Å²) in [5, 5.41) is 2.72. The van der Waals surface area contributed by atoms with Gasteiger partial charge in [-0.05, 0) is 37.6 Å². The molecule has 0 saturated carbocycles. The third-order valence-electron chi connectivity index (χ3n) is 2.30. The zero-order valence-corrected chi connectivity index (χ0v) is 11.4. The Morgan fingerprint density at radius 3 is 2.65 bits per heavy atom. The van der Waals surface area contributed by atoms with Gasteiger partial charge in [-0.3, -0.25) is 9.59 Å². The third-order valence-corrected chi connectivity index (χ3v) is 3.19. The number of nitrogens with one attached hydrogen (secondary N) is 1. The van der Waals surface area contributed by atoms with Gasteiger partial charge in [-0.15, -0.1) is 0 Å². The van der Waals surface area contributed by atoms with Crippen LogP contribution in [0.4, 0.5) is 0 Å². The first-order valence-electron chi connectivity index (χ1n) is 5.25. The summed E-state index contributed by atoms with van der Waals surface area (Å²) in [6.45, 7) is 3.65. The van der Waals surface area contributed by atoms with Gasteiger partial charge in [0, 0.05) is 22.5 Å². The molecule has 0 radical (unpaired) electrons. The SMILES string of the molecule is Cc1cc(C(=O)NC(C)CC(N)=O)ccc1Br. The minimum absolute atomic E-state index is 0.140. The van der Waals surface area contributed by atoms with Crippen molar-refractivity contribution < 1.29 is 9.59 Å². The molecule has 0 aliphatic carbocycles. The Bertz CT molecular complexity index is 446. The van der Waals surface area contributed by atoms with E-state index in [1.165, 1.54) is 0 Å². The maximum atomic E-state index is 11.8. The van der Waals surface area contributed by atoms with Crippen LogP contribution in [0, 0.1) is 6.92 Å². The number of benzene rings is 1. The normalized spacial score (nSPS) is 11.9. The van der Waals surface area contributed by atoms with Gasteiger partial charge in [-0.1, -0.05) is 15.9 Å². The van der Waals surface area contributed by atoms with E-state index in [1.807, 2.05) is 13.0 Å². The van der Waals surface area contributed by atoms with Crippen LogP contribution in [0.1, 0.15) is 29.3 Å². The van der Waals surface area contributed by atoms with Gasteiger partial charge in [0.05, 0.1) is 0 Å². The number of hydrogen-bond acceptors (Lipinski definition) is 2. The van der Waals surface area contributed by atoms with Gasteiger partial charge in [-0.25, -0.2) is 0 Å². The first-order valence-corrected chi connectivity index (χ1v) is 6.04. The van der Waals surface area contributed by atoms with Crippen molar-refractivity contribution in [2.24, 2.45) is 5.73 Å². The highest BCUT2D eigenvalue weighted by Crippen LogP contribution is 2.17. The molecule has 0 aliphatic rings. The molecule has 17 heavy (non-hydrogen) atoms. The molecule has 4 nitrogen and oxygen atoms in total.